The Balaban J connectivity index is 2.09. The Morgan fingerprint density at radius 2 is 1.73 bits per heavy atom. The Bertz CT molecular complexity index is 776. The van der Waals surface area contributed by atoms with E-state index in [4.69, 9.17) is 21.1 Å². The number of anilines is 1. The lowest BCUT2D eigenvalue weighted by Crippen LogP contribution is -2.32. The summed E-state index contributed by atoms with van der Waals surface area (Å²) in [6.07, 6.45) is -0.226. The molecule has 0 aliphatic heterocycles. The third kappa shape index (κ3) is 4.89. The molecule has 138 valence electrons. The number of ether oxygens (including phenoxy) is 3. The smallest absolute Gasteiger partial charge is 0.339 e. The van der Waals surface area contributed by atoms with Crippen LogP contribution in [0.5, 0.6) is 11.5 Å². The predicted octanol–water partition coefficient (Wildman–Crippen LogP) is 3.93. The summed E-state index contributed by atoms with van der Waals surface area (Å²) in [5, 5.41) is 2.97. The molecule has 0 aliphatic carbocycles. The second kappa shape index (κ2) is 9.10. The number of rotatable bonds is 7. The highest BCUT2D eigenvalue weighted by Crippen LogP contribution is 2.23. The molecule has 0 saturated heterocycles. The summed E-state index contributed by atoms with van der Waals surface area (Å²) in [6.45, 7) is 1.84. The molecule has 0 heterocycles. The molecule has 6 nitrogen and oxygen atoms in total. The molecule has 0 aromatic heterocycles. The average molecular weight is 378 g/mol. The summed E-state index contributed by atoms with van der Waals surface area (Å²) < 4.78 is 15.5. The molecule has 1 atom stereocenters. The third-order valence-electron chi connectivity index (χ3n) is 3.64. The Kier molecular flexibility index (Phi) is 6.86. The maximum absolute atomic E-state index is 12.5. The van der Waals surface area contributed by atoms with Gasteiger partial charge in [0.25, 0.3) is 5.91 Å². The second-order valence-electron chi connectivity index (χ2n) is 5.37. The lowest BCUT2D eigenvalue weighted by Gasteiger charge is -2.18. The molecule has 0 unspecified atom stereocenters. The second-order valence-corrected chi connectivity index (χ2v) is 5.77. The van der Waals surface area contributed by atoms with Gasteiger partial charge in [-0.1, -0.05) is 18.5 Å². The van der Waals surface area contributed by atoms with Gasteiger partial charge in [0, 0.05) is 5.69 Å². The molecule has 0 fully saturated rings. The van der Waals surface area contributed by atoms with Crippen molar-refractivity contribution in [3.8, 4) is 11.5 Å². The SMILES string of the molecule is CC[C@H](Oc1ccc(OC)cc1)C(=O)Nc1ccc(Cl)c(C(=O)OC)c1. The first-order valence-electron chi connectivity index (χ1n) is 7.98. The van der Waals surface area contributed by atoms with E-state index in [2.05, 4.69) is 10.1 Å². The highest BCUT2D eigenvalue weighted by atomic mass is 35.5. The Morgan fingerprint density at radius 1 is 1.08 bits per heavy atom. The van der Waals surface area contributed by atoms with Crippen molar-refractivity contribution in [3.05, 3.63) is 53.1 Å². The minimum atomic E-state index is -0.694. The van der Waals surface area contributed by atoms with Crippen molar-refractivity contribution < 1.29 is 23.8 Å². The summed E-state index contributed by atoms with van der Waals surface area (Å²) in [7, 11) is 2.84. The van der Waals surface area contributed by atoms with E-state index < -0.39 is 12.1 Å². The first-order chi connectivity index (χ1) is 12.5. The van der Waals surface area contributed by atoms with E-state index in [1.54, 1.807) is 37.4 Å². The lowest BCUT2D eigenvalue weighted by molar-refractivity contribution is -0.122. The lowest BCUT2D eigenvalue weighted by atomic mass is 10.2. The number of hydrogen-bond acceptors (Lipinski definition) is 5. The van der Waals surface area contributed by atoms with Crippen LogP contribution in [-0.4, -0.2) is 32.2 Å². The van der Waals surface area contributed by atoms with E-state index in [1.807, 2.05) is 6.92 Å². The van der Waals surface area contributed by atoms with Crippen LogP contribution in [0.1, 0.15) is 23.7 Å². The van der Waals surface area contributed by atoms with E-state index in [-0.39, 0.29) is 16.5 Å². The number of methoxy groups -OCH3 is 2. The number of carbonyl (C=O) groups excluding carboxylic acids is 2. The molecule has 1 amide bonds. The first kappa shape index (κ1) is 19.6. The molecule has 2 rings (SSSR count). The van der Waals surface area contributed by atoms with Crippen LogP contribution in [0.15, 0.2) is 42.5 Å². The summed E-state index contributed by atoms with van der Waals surface area (Å²) in [4.78, 5) is 24.2. The van der Waals surface area contributed by atoms with Gasteiger partial charge in [0.1, 0.15) is 11.5 Å². The predicted molar refractivity (Wildman–Crippen MR) is 99.1 cm³/mol. The van der Waals surface area contributed by atoms with Crippen LogP contribution < -0.4 is 14.8 Å². The Labute approximate surface area is 157 Å². The highest BCUT2D eigenvalue weighted by molar-refractivity contribution is 6.33. The van der Waals surface area contributed by atoms with Gasteiger partial charge < -0.3 is 19.5 Å². The fourth-order valence-electron chi connectivity index (χ4n) is 2.23. The molecule has 1 N–H and O–H groups in total. The topological polar surface area (TPSA) is 73.9 Å². The summed E-state index contributed by atoms with van der Waals surface area (Å²) in [5.74, 6) is 0.347. The number of halogens is 1. The molecule has 2 aromatic carbocycles. The zero-order valence-electron chi connectivity index (χ0n) is 14.7. The zero-order valence-corrected chi connectivity index (χ0v) is 15.5. The molecule has 7 heteroatoms. The van der Waals surface area contributed by atoms with Gasteiger partial charge in [-0.15, -0.1) is 0 Å². The minimum absolute atomic E-state index is 0.177. The van der Waals surface area contributed by atoms with Crippen LogP contribution in [0.4, 0.5) is 5.69 Å². The van der Waals surface area contributed by atoms with Crippen molar-refractivity contribution in [1.82, 2.24) is 0 Å². The van der Waals surface area contributed by atoms with Crippen LogP contribution in [0.2, 0.25) is 5.02 Å². The van der Waals surface area contributed by atoms with Gasteiger partial charge in [-0.25, -0.2) is 4.79 Å². The summed E-state index contributed by atoms with van der Waals surface area (Å²) in [5.41, 5.74) is 0.604. The number of carbonyl (C=O) groups is 2. The van der Waals surface area contributed by atoms with Crippen molar-refractivity contribution >= 4 is 29.2 Å². The maximum atomic E-state index is 12.5. The molecule has 0 radical (unpaired) electrons. The van der Waals surface area contributed by atoms with Crippen LogP contribution >= 0.6 is 11.6 Å². The molecule has 0 aliphatic rings. The largest absolute Gasteiger partial charge is 0.497 e. The van der Waals surface area contributed by atoms with Gasteiger partial charge in [-0.05, 0) is 48.9 Å². The third-order valence-corrected chi connectivity index (χ3v) is 3.97. The summed E-state index contributed by atoms with van der Waals surface area (Å²) in [6, 6.07) is 11.6. The van der Waals surface area contributed by atoms with E-state index >= 15 is 0 Å². The number of amides is 1. The number of nitrogens with one attached hydrogen (secondary N) is 1. The Hall–Kier alpha value is -2.73. The monoisotopic (exact) mass is 377 g/mol. The molecule has 2 aromatic rings. The average Bonchev–Trinajstić information content (AvgIpc) is 2.67. The van der Waals surface area contributed by atoms with E-state index in [1.165, 1.54) is 19.2 Å². The van der Waals surface area contributed by atoms with Crippen LogP contribution in [0, 0.1) is 0 Å². The fourth-order valence-corrected chi connectivity index (χ4v) is 2.43. The van der Waals surface area contributed by atoms with E-state index in [0.717, 1.165) is 0 Å². The molecule has 0 saturated carbocycles. The van der Waals surface area contributed by atoms with Crippen LogP contribution in [0.25, 0.3) is 0 Å². The maximum Gasteiger partial charge on any atom is 0.339 e. The summed E-state index contributed by atoms with van der Waals surface area (Å²) >= 11 is 5.98. The standard InChI is InChI=1S/C19H20ClNO5/c1-4-17(26-14-8-6-13(24-2)7-9-14)18(22)21-12-5-10-16(20)15(11-12)19(23)25-3/h5-11,17H,4H2,1-3H3,(H,21,22)/t17-/m0/s1. The van der Waals surface area contributed by atoms with Gasteiger partial charge in [-0.3, -0.25) is 4.79 Å². The molecular formula is C19H20ClNO5. The minimum Gasteiger partial charge on any atom is -0.497 e. The van der Waals surface area contributed by atoms with Gasteiger partial charge in [-0.2, -0.15) is 0 Å². The molecule has 0 spiro atoms. The van der Waals surface area contributed by atoms with Crippen molar-refractivity contribution in [2.75, 3.05) is 19.5 Å². The van der Waals surface area contributed by atoms with Crippen molar-refractivity contribution in [1.29, 1.82) is 0 Å². The molecular weight excluding hydrogens is 358 g/mol. The number of benzene rings is 2. The number of hydrogen-bond donors (Lipinski definition) is 1. The van der Waals surface area contributed by atoms with Crippen molar-refractivity contribution in [2.45, 2.75) is 19.4 Å². The van der Waals surface area contributed by atoms with Gasteiger partial charge in [0.15, 0.2) is 6.10 Å². The van der Waals surface area contributed by atoms with Crippen LogP contribution in [0.3, 0.4) is 0 Å². The molecule has 26 heavy (non-hydrogen) atoms. The normalized spacial score (nSPS) is 11.4. The number of esters is 1. The quantitative estimate of drug-likeness (QED) is 0.740. The van der Waals surface area contributed by atoms with Crippen LogP contribution in [-0.2, 0) is 9.53 Å². The highest BCUT2D eigenvalue weighted by Gasteiger charge is 2.20. The first-order valence-corrected chi connectivity index (χ1v) is 8.35. The van der Waals surface area contributed by atoms with E-state index in [9.17, 15) is 9.59 Å². The van der Waals surface area contributed by atoms with Gasteiger partial charge in [0.2, 0.25) is 0 Å². The van der Waals surface area contributed by atoms with Crippen molar-refractivity contribution in [3.63, 3.8) is 0 Å². The fraction of sp³-hybridized carbons (Fsp3) is 0.263. The van der Waals surface area contributed by atoms with Gasteiger partial charge in [0.05, 0.1) is 24.8 Å². The Morgan fingerprint density at radius 3 is 2.31 bits per heavy atom. The van der Waals surface area contributed by atoms with Crippen molar-refractivity contribution in [2.24, 2.45) is 0 Å². The van der Waals surface area contributed by atoms with E-state index in [0.29, 0.717) is 23.6 Å². The zero-order chi connectivity index (χ0) is 19.1. The van der Waals surface area contributed by atoms with Gasteiger partial charge >= 0.3 is 5.97 Å². The molecule has 0 bridgehead atoms.